The van der Waals surface area contributed by atoms with Crippen LogP contribution in [0, 0.1) is 0 Å². The summed E-state index contributed by atoms with van der Waals surface area (Å²) >= 11 is 0. The van der Waals surface area contributed by atoms with E-state index >= 15 is 0 Å². The van der Waals surface area contributed by atoms with Gasteiger partial charge in [-0.05, 0) is 6.92 Å². The number of likely N-dealkylation sites (N-methyl/N-ethyl adjacent to an activating group) is 1. The van der Waals surface area contributed by atoms with Gasteiger partial charge in [0, 0.05) is 53.4 Å². The van der Waals surface area contributed by atoms with E-state index in [9.17, 15) is 9.59 Å². The van der Waals surface area contributed by atoms with E-state index < -0.39 is 0 Å². The van der Waals surface area contributed by atoms with Gasteiger partial charge in [0.25, 0.3) is 0 Å². The summed E-state index contributed by atoms with van der Waals surface area (Å²) in [6.07, 6.45) is 0. The monoisotopic (exact) mass is 312 g/mol. The molecule has 1 atom stereocenters. The minimum atomic E-state index is -0.119. The zero-order valence-corrected chi connectivity index (χ0v) is 14.0. The zero-order chi connectivity index (χ0) is 16.1. The molecule has 2 heterocycles. The van der Waals surface area contributed by atoms with Crippen molar-refractivity contribution in [3.63, 3.8) is 0 Å². The molecule has 0 spiro atoms. The molecule has 0 N–H and O–H groups in total. The summed E-state index contributed by atoms with van der Waals surface area (Å²) in [5.74, 6) is 0.307. The fourth-order valence-corrected chi connectivity index (χ4v) is 2.94. The summed E-state index contributed by atoms with van der Waals surface area (Å²) in [4.78, 5) is 32.2. The molecule has 2 rings (SSSR count). The van der Waals surface area contributed by atoms with Gasteiger partial charge in [0.15, 0.2) is 0 Å². The third-order valence-electron chi connectivity index (χ3n) is 4.48. The van der Waals surface area contributed by atoms with E-state index in [2.05, 4.69) is 9.80 Å². The minimum absolute atomic E-state index is 0.119. The van der Waals surface area contributed by atoms with Gasteiger partial charge in [0.2, 0.25) is 11.8 Å². The lowest BCUT2D eigenvalue weighted by Gasteiger charge is -2.39. The predicted molar refractivity (Wildman–Crippen MR) is 83.6 cm³/mol. The van der Waals surface area contributed by atoms with Crippen LogP contribution in [-0.4, -0.2) is 111 Å². The normalized spacial score (nSPS) is 22.4. The largest absolute Gasteiger partial charge is 0.379 e. The molecule has 0 aromatic heterocycles. The van der Waals surface area contributed by atoms with Crippen molar-refractivity contribution in [1.29, 1.82) is 0 Å². The first-order valence-corrected chi connectivity index (χ1v) is 8.02. The molecule has 0 aliphatic carbocycles. The Labute approximate surface area is 132 Å². The van der Waals surface area contributed by atoms with Crippen LogP contribution >= 0.6 is 0 Å². The molecule has 126 valence electrons. The maximum Gasteiger partial charge on any atom is 0.239 e. The molecule has 0 bridgehead atoms. The molecule has 0 saturated carbocycles. The molecule has 2 fully saturated rings. The molecule has 2 saturated heterocycles. The Balaban J connectivity index is 1.76. The lowest BCUT2D eigenvalue weighted by atomic mass is 10.2. The summed E-state index contributed by atoms with van der Waals surface area (Å²) in [6.45, 7) is 8.44. The second-order valence-corrected chi connectivity index (χ2v) is 6.21. The van der Waals surface area contributed by atoms with Crippen LogP contribution < -0.4 is 0 Å². The number of carbonyl (C=O) groups is 2. The molecule has 2 aliphatic rings. The molecule has 2 amide bonds. The summed E-state index contributed by atoms with van der Waals surface area (Å²) in [7, 11) is 3.56. The Morgan fingerprint density at radius 3 is 2.18 bits per heavy atom. The van der Waals surface area contributed by atoms with Crippen molar-refractivity contribution in [2.24, 2.45) is 0 Å². The van der Waals surface area contributed by atoms with Crippen LogP contribution in [0.2, 0.25) is 0 Å². The SMILES string of the molecule is CC(C(=O)N(C)C)N1CCN(C(=O)CN2CCOCC2)CC1. The Morgan fingerprint density at radius 2 is 1.64 bits per heavy atom. The Morgan fingerprint density at radius 1 is 1.05 bits per heavy atom. The first-order chi connectivity index (χ1) is 10.5. The van der Waals surface area contributed by atoms with E-state index in [1.54, 1.807) is 19.0 Å². The molecule has 0 aromatic rings. The van der Waals surface area contributed by atoms with Crippen LogP contribution in [0.4, 0.5) is 0 Å². The quantitative estimate of drug-likeness (QED) is 0.662. The van der Waals surface area contributed by atoms with E-state index in [1.165, 1.54) is 0 Å². The highest BCUT2D eigenvalue weighted by Gasteiger charge is 2.28. The number of amides is 2. The molecule has 0 aromatic carbocycles. The molecule has 2 aliphatic heterocycles. The number of ether oxygens (including phenoxy) is 1. The number of piperazine rings is 1. The van der Waals surface area contributed by atoms with E-state index in [0.29, 0.717) is 32.8 Å². The maximum absolute atomic E-state index is 12.3. The average Bonchev–Trinajstić information content (AvgIpc) is 2.54. The van der Waals surface area contributed by atoms with Gasteiger partial charge in [-0.2, -0.15) is 0 Å². The predicted octanol–water partition coefficient (Wildman–Crippen LogP) is -1.06. The van der Waals surface area contributed by atoms with E-state index in [0.717, 1.165) is 26.2 Å². The van der Waals surface area contributed by atoms with Crippen LogP contribution in [0.3, 0.4) is 0 Å². The van der Waals surface area contributed by atoms with Crippen molar-refractivity contribution >= 4 is 11.8 Å². The van der Waals surface area contributed by atoms with Crippen LogP contribution in [0.5, 0.6) is 0 Å². The van der Waals surface area contributed by atoms with Gasteiger partial charge in [0.1, 0.15) is 0 Å². The van der Waals surface area contributed by atoms with E-state index in [1.807, 2.05) is 11.8 Å². The van der Waals surface area contributed by atoms with Crippen LogP contribution in [-0.2, 0) is 14.3 Å². The smallest absolute Gasteiger partial charge is 0.239 e. The fraction of sp³-hybridized carbons (Fsp3) is 0.867. The van der Waals surface area contributed by atoms with Gasteiger partial charge in [-0.25, -0.2) is 0 Å². The molecule has 1 unspecified atom stereocenters. The first-order valence-electron chi connectivity index (χ1n) is 8.02. The van der Waals surface area contributed by atoms with Crippen molar-refractivity contribution in [3.8, 4) is 0 Å². The van der Waals surface area contributed by atoms with Crippen LogP contribution in [0.15, 0.2) is 0 Å². The lowest BCUT2D eigenvalue weighted by molar-refractivity contribution is -0.138. The maximum atomic E-state index is 12.3. The van der Waals surface area contributed by atoms with Gasteiger partial charge in [-0.3, -0.25) is 19.4 Å². The molecular weight excluding hydrogens is 284 g/mol. The number of rotatable bonds is 4. The van der Waals surface area contributed by atoms with Gasteiger partial charge in [-0.15, -0.1) is 0 Å². The highest BCUT2D eigenvalue weighted by atomic mass is 16.5. The second-order valence-electron chi connectivity index (χ2n) is 6.21. The van der Waals surface area contributed by atoms with Crippen molar-refractivity contribution in [3.05, 3.63) is 0 Å². The van der Waals surface area contributed by atoms with Gasteiger partial charge in [-0.1, -0.05) is 0 Å². The third-order valence-corrected chi connectivity index (χ3v) is 4.48. The zero-order valence-electron chi connectivity index (χ0n) is 14.0. The molecule has 7 nitrogen and oxygen atoms in total. The number of nitrogens with zero attached hydrogens (tertiary/aromatic N) is 4. The molecule has 7 heteroatoms. The summed E-state index contributed by atoms with van der Waals surface area (Å²) < 4.78 is 5.30. The number of hydrogen-bond acceptors (Lipinski definition) is 5. The minimum Gasteiger partial charge on any atom is -0.379 e. The van der Waals surface area contributed by atoms with Crippen molar-refractivity contribution in [2.75, 3.05) is 73.1 Å². The summed E-state index contributed by atoms with van der Waals surface area (Å²) in [5.41, 5.74) is 0. The fourth-order valence-electron chi connectivity index (χ4n) is 2.94. The van der Waals surface area contributed by atoms with E-state index in [4.69, 9.17) is 4.74 Å². The van der Waals surface area contributed by atoms with Crippen molar-refractivity contribution in [2.45, 2.75) is 13.0 Å². The number of hydrogen-bond donors (Lipinski definition) is 0. The summed E-state index contributed by atoms with van der Waals surface area (Å²) in [6, 6.07) is -0.119. The number of morpholine rings is 1. The topological polar surface area (TPSA) is 56.3 Å². The highest BCUT2D eigenvalue weighted by Crippen LogP contribution is 2.09. The lowest BCUT2D eigenvalue weighted by Crippen LogP contribution is -2.56. The Hall–Kier alpha value is -1.18. The summed E-state index contributed by atoms with van der Waals surface area (Å²) in [5, 5.41) is 0. The van der Waals surface area contributed by atoms with Gasteiger partial charge >= 0.3 is 0 Å². The van der Waals surface area contributed by atoms with E-state index in [-0.39, 0.29) is 17.9 Å². The Bertz CT molecular complexity index is 388. The highest BCUT2D eigenvalue weighted by molar-refractivity contribution is 5.81. The molecule has 22 heavy (non-hydrogen) atoms. The van der Waals surface area contributed by atoms with Crippen LogP contribution in [0.1, 0.15) is 6.92 Å². The van der Waals surface area contributed by atoms with Gasteiger partial charge < -0.3 is 14.5 Å². The standard InChI is InChI=1S/C15H28N4O3/c1-13(15(21)16(2)3)18-4-6-19(7-5-18)14(20)12-17-8-10-22-11-9-17/h13H,4-12H2,1-3H3. The van der Waals surface area contributed by atoms with Crippen molar-refractivity contribution in [1.82, 2.24) is 19.6 Å². The average molecular weight is 312 g/mol. The second kappa shape index (κ2) is 7.89. The first kappa shape index (κ1) is 17.2. The Kier molecular flexibility index (Phi) is 6.16. The van der Waals surface area contributed by atoms with Crippen molar-refractivity contribution < 1.29 is 14.3 Å². The van der Waals surface area contributed by atoms with Crippen LogP contribution in [0.25, 0.3) is 0 Å². The third kappa shape index (κ3) is 4.41. The number of carbonyl (C=O) groups excluding carboxylic acids is 2. The van der Waals surface area contributed by atoms with Gasteiger partial charge in [0.05, 0.1) is 25.8 Å². The molecule has 0 radical (unpaired) electrons. The molecular formula is C15H28N4O3.